The summed E-state index contributed by atoms with van der Waals surface area (Å²) in [6.07, 6.45) is -13.3. The third kappa shape index (κ3) is 6.07. The van der Waals surface area contributed by atoms with E-state index >= 15 is 0 Å². The molecular weight excluding hydrogens is 581 g/mol. The molecular formula is C23H16ClF7N4O5. The number of aryl methyl sites for hydroxylation is 1. The van der Waals surface area contributed by atoms with Crippen molar-refractivity contribution in [1.82, 2.24) is 19.1 Å². The maximum Gasteiger partial charge on any atom is 0.573 e. The van der Waals surface area contributed by atoms with E-state index in [1.165, 1.54) is 25.2 Å². The molecule has 17 heteroatoms. The predicted octanol–water partition coefficient (Wildman–Crippen LogP) is 4.28. The lowest BCUT2D eigenvalue weighted by Crippen LogP contribution is -2.39. The highest BCUT2D eigenvalue weighted by Gasteiger charge is 2.39. The molecule has 0 radical (unpaired) electrons. The number of H-pyrrole nitrogens is 1. The van der Waals surface area contributed by atoms with Crippen LogP contribution in [0.15, 0.2) is 46.0 Å². The number of rotatable bonds is 7. The molecule has 0 saturated carbocycles. The molecule has 0 amide bonds. The minimum atomic E-state index is -5.17. The highest BCUT2D eigenvalue weighted by Crippen LogP contribution is 2.37. The van der Waals surface area contributed by atoms with Crippen LogP contribution in [-0.4, -0.2) is 42.9 Å². The van der Waals surface area contributed by atoms with E-state index in [1.54, 1.807) is 0 Å². The number of hydrogen-bond acceptors (Lipinski definition) is 6. The summed E-state index contributed by atoms with van der Waals surface area (Å²) in [5, 5.41) is 9.21. The molecule has 4 aromatic rings. The fourth-order valence-corrected chi connectivity index (χ4v) is 3.91. The summed E-state index contributed by atoms with van der Waals surface area (Å²) in [5.41, 5.74) is -3.07. The molecule has 1 unspecified atom stereocenters. The first-order valence-corrected chi connectivity index (χ1v) is 11.3. The van der Waals surface area contributed by atoms with E-state index in [-0.39, 0.29) is 23.0 Å². The Morgan fingerprint density at radius 2 is 1.77 bits per heavy atom. The van der Waals surface area contributed by atoms with Crippen LogP contribution in [0.2, 0.25) is 5.02 Å². The standard InChI is InChI=1S/C23H16ClF7N4O5/c1-34-17-19(35(21(38)33-20(17)37)8-16(36)22(26,27)28)32-18(34)11-3-5-14(15(7-11)40-23(29,30)31)39-9-10-2-4-13(25)12(24)6-10/h2-7,16,36H,8-9H2,1H3,(H,33,37,38). The smallest absolute Gasteiger partial charge is 0.485 e. The zero-order chi connectivity index (χ0) is 29.6. The summed E-state index contributed by atoms with van der Waals surface area (Å²) in [6, 6.07) is 6.69. The molecule has 0 bridgehead atoms. The molecule has 0 aliphatic heterocycles. The van der Waals surface area contributed by atoms with Gasteiger partial charge in [0, 0.05) is 12.6 Å². The zero-order valence-corrected chi connectivity index (χ0v) is 20.7. The maximum atomic E-state index is 13.4. The van der Waals surface area contributed by atoms with Gasteiger partial charge in [-0.15, -0.1) is 13.2 Å². The second-order valence-corrected chi connectivity index (χ2v) is 8.75. The highest BCUT2D eigenvalue weighted by atomic mass is 35.5. The first kappa shape index (κ1) is 28.9. The number of nitrogens with one attached hydrogen (secondary N) is 1. The fraction of sp³-hybridized carbons (Fsp3) is 0.261. The van der Waals surface area contributed by atoms with Crippen molar-refractivity contribution in [1.29, 1.82) is 0 Å². The van der Waals surface area contributed by atoms with Crippen molar-refractivity contribution in [2.45, 2.75) is 31.8 Å². The van der Waals surface area contributed by atoms with Crippen LogP contribution in [-0.2, 0) is 20.2 Å². The second-order valence-electron chi connectivity index (χ2n) is 8.34. The quantitative estimate of drug-likeness (QED) is 0.308. The van der Waals surface area contributed by atoms with Crippen LogP contribution >= 0.6 is 11.6 Å². The van der Waals surface area contributed by atoms with E-state index < -0.39 is 64.9 Å². The molecule has 2 N–H and O–H groups in total. The van der Waals surface area contributed by atoms with Crippen LogP contribution in [0.3, 0.4) is 0 Å². The Hall–Kier alpha value is -4.05. The number of hydrogen-bond donors (Lipinski definition) is 2. The third-order valence-corrected chi connectivity index (χ3v) is 5.84. The number of aromatic nitrogens is 4. The molecule has 0 fully saturated rings. The molecule has 2 aromatic carbocycles. The van der Waals surface area contributed by atoms with Gasteiger partial charge in [0.25, 0.3) is 5.56 Å². The summed E-state index contributed by atoms with van der Waals surface area (Å²) >= 11 is 5.70. The van der Waals surface area contributed by atoms with Gasteiger partial charge < -0.3 is 19.1 Å². The van der Waals surface area contributed by atoms with Gasteiger partial charge in [-0.1, -0.05) is 17.7 Å². The zero-order valence-electron chi connectivity index (χ0n) is 19.9. The van der Waals surface area contributed by atoms with Crippen molar-refractivity contribution in [3.8, 4) is 22.9 Å². The molecule has 1 atom stereocenters. The van der Waals surface area contributed by atoms with Crippen LogP contribution in [0.1, 0.15) is 5.56 Å². The lowest BCUT2D eigenvalue weighted by atomic mass is 10.2. The number of aromatic amines is 1. The van der Waals surface area contributed by atoms with Gasteiger partial charge >= 0.3 is 18.2 Å². The number of alkyl halides is 6. The van der Waals surface area contributed by atoms with E-state index in [1.807, 2.05) is 4.98 Å². The number of benzene rings is 2. The highest BCUT2D eigenvalue weighted by molar-refractivity contribution is 6.30. The molecule has 0 spiro atoms. The van der Waals surface area contributed by atoms with Crippen LogP contribution in [0, 0.1) is 5.82 Å². The summed E-state index contributed by atoms with van der Waals surface area (Å²) in [5.74, 6) is -2.19. The van der Waals surface area contributed by atoms with Gasteiger partial charge in [-0.2, -0.15) is 13.2 Å². The Morgan fingerprint density at radius 1 is 1.07 bits per heavy atom. The SMILES string of the molecule is Cn1c(-c2ccc(OCc3ccc(F)c(Cl)c3)c(OC(F)(F)F)c2)nc2c1c(=O)[nH]c(=O)n2CC(O)C(F)(F)F. The van der Waals surface area contributed by atoms with Crippen molar-refractivity contribution in [3.63, 3.8) is 0 Å². The van der Waals surface area contributed by atoms with Gasteiger partial charge in [0.1, 0.15) is 18.2 Å². The average molecular weight is 597 g/mol. The van der Waals surface area contributed by atoms with Crippen molar-refractivity contribution in [2.75, 3.05) is 0 Å². The van der Waals surface area contributed by atoms with E-state index in [2.05, 4.69) is 9.72 Å². The van der Waals surface area contributed by atoms with Gasteiger partial charge in [-0.05, 0) is 35.9 Å². The second kappa shape index (κ2) is 10.5. The van der Waals surface area contributed by atoms with Crippen LogP contribution in [0.4, 0.5) is 30.7 Å². The average Bonchev–Trinajstić information content (AvgIpc) is 3.18. The Balaban J connectivity index is 1.78. The van der Waals surface area contributed by atoms with Gasteiger partial charge in [-0.3, -0.25) is 14.3 Å². The van der Waals surface area contributed by atoms with Gasteiger partial charge in [0.05, 0.1) is 11.6 Å². The molecule has 40 heavy (non-hydrogen) atoms. The van der Waals surface area contributed by atoms with E-state index in [4.69, 9.17) is 16.3 Å². The Kier molecular flexibility index (Phi) is 7.60. The first-order chi connectivity index (χ1) is 18.5. The number of nitrogens with zero attached hydrogens (tertiary/aromatic N) is 3. The molecule has 0 aliphatic carbocycles. The predicted molar refractivity (Wildman–Crippen MR) is 126 cm³/mol. The van der Waals surface area contributed by atoms with Gasteiger partial charge in [0.2, 0.25) is 0 Å². The van der Waals surface area contributed by atoms with Crippen molar-refractivity contribution >= 4 is 22.8 Å². The third-order valence-electron chi connectivity index (χ3n) is 5.55. The minimum absolute atomic E-state index is 0.107. The Morgan fingerprint density at radius 3 is 2.40 bits per heavy atom. The largest absolute Gasteiger partial charge is 0.573 e. The number of aliphatic hydroxyl groups excluding tert-OH is 1. The van der Waals surface area contributed by atoms with Gasteiger partial charge in [-0.25, -0.2) is 14.2 Å². The first-order valence-electron chi connectivity index (χ1n) is 11.0. The normalized spacial score (nSPS) is 13.1. The van der Waals surface area contributed by atoms with Crippen molar-refractivity contribution < 1.29 is 45.3 Å². The number of aliphatic hydroxyl groups is 1. The molecule has 214 valence electrons. The number of ether oxygens (including phenoxy) is 2. The minimum Gasteiger partial charge on any atom is -0.485 e. The van der Waals surface area contributed by atoms with Gasteiger partial charge in [0.15, 0.2) is 28.8 Å². The monoisotopic (exact) mass is 596 g/mol. The molecule has 2 heterocycles. The van der Waals surface area contributed by atoms with Crippen LogP contribution in [0.5, 0.6) is 11.5 Å². The number of halogens is 8. The van der Waals surface area contributed by atoms with Crippen molar-refractivity contribution in [3.05, 3.63) is 73.6 Å². The fourth-order valence-electron chi connectivity index (χ4n) is 3.71. The Labute approximate surface area is 223 Å². The lowest BCUT2D eigenvalue weighted by molar-refractivity contribution is -0.275. The van der Waals surface area contributed by atoms with E-state index in [0.29, 0.717) is 10.1 Å². The van der Waals surface area contributed by atoms with Crippen LogP contribution in [0.25, 0.3) is 22.6 Å². The molecule has 9 nitrogen and oxygen atoms in total. The number of imidazole rings is 1. The lowest BCUT2D eigenvalue weighted by Gasteiger charge is -2.15. The topological polar surface area (TPSA) is 111 Å². The van der Waals surface area contributed by atoms with Crippen molar-refractivity contribution in [2.24, 2.45) is 7.05 Å². The summed E-state index contributed by atoms with van der Waals surface area (Å²) in [4.78, 5) is 30.5. The summed E-state index contributed by atoms with van der Waals surface area (Å²) < 4.78 is 103. The molecule has 2 aromatic heterocycles. The van der Waals surface area contributed by atoms with E-state index in [0.717, 1.165) is 22.8 Å². The molecule has 0 saturated heterocycles. The number of fused-ring (bicyclic) bond motifs is 1. The molecule has 0 aliphatic rings. The Bertz CT molecular complexity index is 1690. The summed E-state index contributed by atoms with van der Waals surface area (Å²) in [7, 11) is 1.24. The van der Waals surface area contributed by atoms with E-state index in [9.17, 15) is 45.4 Å². The van der Waals surface area contributed by atoms with Crippen LogP contribution < -0.4 is 20.7 Å². The molecule has 4 rings (SSSR count). The maximum absolute atomic E-state index is 13.4. The summed E-state index contributed by atoms with van der Waals surface area (Å²) in [6.45, 7) is -1.64.